The Hall–Kier alpha value is -3.40. The number of hydrogen-bond donors (Lipinski definition) is 2. The molecule has 1 aromatic heterocycles. The predicted octanol–water partition coefficient (Wildman–Crippen LogP) is 2.88. The zero-order valence-electron chi connectivity index (χ0n) is 20.6. The lowest BCUT2D eigenvalue weighted by Crippen LogP contribution is -2.20. The first kappa shape index (κ1) is 29.2. The fourth-order valence-corrected chi connectivity index (χ4v) is 3.81. The number of alkyl halides is 3. The summed E-state index contributed by atoms with van der Waals surface area (Å²) in [5.41, 5.74) is 0.601. The zero-order chi connectivity index (χ0) is 27.8. The number of hydrogen-bond acceptors (Lipinski definition) is 10. The van der Waals surface area contributed by atoms with Gasteiger partial charge in [-0.1, -0.05) is 0 Å². The number of rotatable bonds is 14. The van der Waals surface area contributed by atoms with Gasteiger partial charge in [-0.3, -0.25) is 0 Å². The van der Waals surface area contributed by atoms with Crippen molar-refractivity contribution in [1.29, 1.82) is 0 Å². The number of nitrogens with two attached hydrogens (primary N) is 1. The first-order valence-electron chi connectivity index (χ1n) is 11.1. The Morgan fingerprint density at radius 1 is 0.895 bits per heavy atom. The molecule has 0 fully saturated rings. The van der Waals surface area contributed by atoms with Gasteiger partial charge in [-0.05, 0) is 24.3 Å². The normalized spacial score (nSPS) is 11.9. The van der Waals surface area contributed by atoms with Gasteiger partial charge < -0.3 is 29.0 Å². The van der Waals surface area contributed by atoms with Gasteiger partial charge in [0, 0.05) is 37.8 Å². The SMILES string of the molecule is COCCOc1cc2ncnc(NCc3cc(S(N)(=O)=O)ccc3OCC(F)(F)F)c2cc1OCCOC. The van der Waals surface area contributed by atoms with Crippen molar-refractivity contribution < 1.29 is 45.3 Å². The number of nitrogens with zero attached hydrogens (tertiary/aromatic N) is 2. The number of primary sulfonamides is 1. The third-order valence-corrected chi connectivity index (χ3v) is 5.90. The number of aromatic nitrogens is 2. The van der Waals surface area contributed by atoms with E-state index < -0.39 is 22.8 Å². The molecule has 0 saturated carbocycles. The Kier molecular flexibility index (Phi) is 9.90. The number of fused-ring (bicyclic) bond motifs is 1. The first-order valence-corrected chi connectivity index (χ1v) is 12.7. The van der Waals surface area contributed by atoms with Crippen LogP contribution in [0.3, 0.4) is 0 Å². The average Bonchev–Trinajstić information content (AvgIpc) is 2.85. The van der Waals surface area contributed by atoms with Crippen molar-refractivity contribution in [2.24, 2.45) is 5.14 Å². The van der Waals surface area contributed by atoms with E-state index in [0.717, 1.165) is 18.2 Å². The molecule has 1 heterocycles. The summed E-state index contributed by atoms with van der Waals surface area (Å²) in [6.45, 7) is -0.525. The highest BCUT2D eigenvalue weighted by molar-refractivity contribution is 7.89. The lowest BCUT2D eigenvalue weighted by Gasteiger charge is -2.17. The van der Waals surface area contributed by atoms with Gasteiger partial charge in [-0.2, -0.15) is 13.2 Å². The fourth-order valence-electron chi connectivity index (χ4n) is 3.25. The molecule has 3 N–H and O–H groups in total. The molecule has 3 aromatic rings. The van der Waals surface area contributed by atoms with Gasteiger partial charge in [0.05, 0.1) is 23.6 Å². The van der Waals surface area contributed by atoms with Gasteiger partial charge >= 0.3 is 6.18 Å². The minimum absolute atomic E-state index is 0.114. The van der Waals surface area contributed by atoms with Crippen molar-refractivity contribution in [1.82, 2.24) is 9.97 Å². The number of ether oxygens (including phenoxy) is 5. The number of sulfonamides is 1. The van der Waals surface area contributed by atoms with Crippen molar-refractivity contribution in [3.8, 4) is 17.2 Å². The molecule has 0 aliphatic heterocycles. The molecule has 208 valence electrons. The van der Waals surface area contributed by atoms with Crippen LogP contribution >= 0.6 is 0 Å². The molecular weight excluding hydrogens is 533 g/mol. The lowest BCUT2D eigenvalue weighted by molar-refractivity contribution is -0.153. The second kappa shape index (κ2) is 12.9. The maximum atomic E-state index is 12.7. The summed E-state index contributed by atoms with van der Waals surface area (Å²) in [4.78, 5) is 8.19. The van der Waals surface area contributed by atoms with Crippen LogP contribution in [0.1, 0.15) is 5.56 Å². The molecule has 0 radical (unpaired) electrons. The van der Waals surface area contributed by atoms with Gasteiger partial charge in [-0.25, -0.2) is 23.5 Å². The van der Waals surface area contributed by atoms with E-state index in [0.29, 0.717) is 41.4 Å². The molecule has 0 saturated heterocycles. The van der Waals surface area contributed by atoms with E-state index in [1.165, 1.54) is 13.4 Å². The van der Waals surface area contributed by atoms with E-state index in [2.05, 4.69) is 15.3 Å². The minimum Gasteiger partial charge on any atom is -0.487 e. The second-order valence-electron chi connectivity index (χ2n) is 7.79. The van der Waals surface area contributed by atoms with E-state index in [9.17, 15) is 21.6 Å². The van der Waals surface area contributed by atoms with Crippen molar-refractivity contribution in [2.45, 2.75) is 17.6 Å². The number of benzene rings is 2. The van der Waals surface area contributed by atoms with E-state index in [4.69, 9.17) is 28.8 Å². The smallest absolute Gasteiger partial charge is 0.422 e. The Morgan fingerprint density at radius 3 is 2.16 bits per heavy atom. The van der Waals surface area contributed by atoms with Crippen molar-refractivity contribution >= 4 is 26.7 Å². The van der Waals surface area contributed by atoms with Crippen LogP contribution in [0, 0.1) is 0 Å². The molecule has 38 heavy (non-hydrogen) atoms. The van der Waals surface area contributed by atoms with Crippen LogP contribution in [0.2, 0.25) is 0 Å². The molecule has 0 aliphatic carbocycles. The van der Waals surface area contributed by atoms with Crippen LogP contribution in [-0.4, -0.2) is 71.8 Å². The van der Waals surface area contributed by atoms with Gasteiger partial charge in [0.1, 0.15) is 31.1 Å². The average molecular weight is 561 g/mol. The standard InChI is InChI=1S/C23H27F3N4O7S/c1-33-5-7-35-20-10-17-18(11-21(20)36-8-6-34-2)29-14-30-22(17)28-12-15-9-16(38(27,31)32)3-4-19(15)37-13-23(24,25)26/h3-4,9-11,14H,5-8,12-13H2,1-2H3,(H2,27,31,32)(H,28,29,30). The Bertz CT molecular complexity index is 1340. The maximum Gasteiger partial charge on any atom is 0.422 e. The largest absolute Gasteiger partial charge is 0.487 e. The lowest BCUT2D eigenvalue weighted by atomic mass is 10.1. The quantitative estimate of drug-likeness (QED) is 0.283. The molecule has 15 heteroatoms. The van der Waals surface area contributed by atoms with Crippen molar-refractivity contribution in [2.75, 3.05) is 52.6 Å². The highest BCUT2D eigenvalue weighted by atomic mass is 32.2. The second-order valence-corrected chi connectivity index (χ2v) is 9.35. The molecule has 0 aliphatic rings. The van der Waals surface area contributed by atoms with Crippen LogP contribution in [0.15, 0.2) is 41.6 Å². The zero-order valence-corrected chi connectivity index (χ0v) is 21.4. The highest BCUT2D eigenvalue weighted by Gasteiger charge is 2.29. The van der Waals surface area contributed by atoms with Crippen molar-refractivity contribution in [3.05, 3.63) is 42.2 Å². The van der Waals surface area contributed by atoms with E-state index in [1.54, 1.807) is 19.2 Å². The number of methoxy groups -OCH3 is 2. The van der Waals surface area contributed by atoms with Gasteiger partial charge in [-0.15, -0.1) is 0 Å². The fraction of sp³-hybridized carbons (Fsp3) is 0.391. The van der Waals surface area contributed by atoms with Crippen LogP contribution in [0.5, 0.6) is 17.2 Å². The maximum absolute atomic E-state index is 12.7. The van der Waals surface area contributed by atoms with Crippen LogP contribution in [0.25, 0.3) is 10.9 Å². The van der Waals surface area contributed by atoms with E-state index in [1.807, 2.05) is 0 Å². The number of anilines is 1. The third kappa shape index (κ3) is 8.31. The molecule has 0 spiro atoms. The number of nitrogens with one attached hydrogen (secondary N) is 1. The minimum atomic E-state index is -4.59. The summed E-state index contributed by atoms with van der Waals surface area (Å²) < 4.78 is 88.3. The number of halogens is 3. The molecule has 0 bridgehead atoms. The topological polar surface area (TPSA) is 144 Å². The van der Waals surface area contributed by atoms with Crippen LogP contribution in [-0.2, 0) is 26.0 Å². The summed E-state index contributed by atoms with van der Waals surface area (Å²) in [6.07, 6.45) is -3.30. The predicted molar refractivity (Wildman–Crippen MR) is 131 cm³/mol. The molecule has 3 rings (SSSR count). The summed E-state index contributed by atoms with van der Waals surface area (Å²) in [6, 6.07) is 6.63. The van der Waals surface area contributed by atoms with Gasteiger partial charge in [0.25, 0.3) is 0 Å². The summed E-state index contributed by atoms with van der Waals surface area (Å²) >= 11 is 0. The molecule has 0 amide bonds. The Labute approximate surface area is 217 Å². The summed E-state index contributed by atoms with van der Waals surface area (Å²) in [5.74, 6) is 0.934. The van der Waals surface area contributed by atoms with E-state index >= 15 is 0 Å². The Balaban J connectivity index is 1.94. The molecule has 11 nitrogen and oxygen atoms in total. The highest BCUT2D eigenvalue weighted by Crippen LogP contribution is 2.35. The van der Waals surface area contributed by atoms with Gasteiger partial charge in [0.2, 0.25) is 10.0 Å². The summed E-state index contributed by atoms with van der Waals surface area (Å²) in [7, 11) is -1.04. The van der Waals surface area contributed by atoms with Gasteiger partial charge in [0.15, 0.2) is 18.1 Å². The first-order chi connectivity index (χ1) is 18.0. The Morgan fingerprint density at radius 2 is 1.55 bits per heavy atom. The third-order valence-electron chi connectivity index (χ3n) is 4.99. The van der Waals surface area contributed by atoms with Crippen LogP contribution in [0.4, 0.5) is 19.0 Å². The van der Waals surface area contributed by atoms with E-state index in [-0.39, 0.29) is 36.0 Å². The molecular formula is C23H27F3N4O7S. The molecule has 0 unspecified atom stereocenters. The molecule has 0 atom stereocenters. The molecule has 2 aromatic carbocycles. The van der Waals surface area contributed by atoms with Crippen molar-refractivity contribution in [3.63, 3.8) is 0 Å². The monoisotopic (exact) mass is 560 g/mol. The van der Waals surface area contributed by atoms with Crippen LogP contribution < -0.4 is 24.7 Å². The summed E-state index contributed by atoms with van der Waals surface area (Å²) in [5, 5.41) is 8.70.